The van der Waals surface area contributed by atoms with Crippen molar-refractivity contribution in [3.8, 4) is 0 Å². The number of hydrogen-bond donors (Lipinski definition) is 1. The molecule has 0 saturated heterocycles. The molecule has 0 bridgehead atoms. The Hall–Kier alpha value is -1.49. The number of rotatable bonds is 5. The van der Waals surface area contributed by atoms with E-state index in [4.69, 9.17) is 5.11 Å². The second-order valence-electron chi connectivity index (χ2n) is 4.29. The Balaban J connectivity index is 2.09. The van der Waals surface area contributed by atoms with Gasteiger partial charge in [-0.25, -0.2) is 4.98 Å². The molecule has 0 atom stereocenters. The first-order chi connectivity index (χ1) is 8.58. The lowest BCUT2D eigenvalue weighted by Crippen LogP contribution is -1.96. The Morgan fingerprint density at radius 3 is 3.00 bits per heavy atom. The number of thioether (sulfide) groups is 1. The number of imidazole rings is 1. The highest BCUT2D eigenvalue weighted by Gasteiger charge is 2.08. The smallest absolute Gasteiger partial charge is 0.303 e. The lowest BCUT2D eigenvalue weighted by Gasteiger charge is -2.01. The van der Waals surface area contributed by atoms with Gasteiger partial charge in [0.25, 0.3) is 0 Å². The van der Waals surface area contributed by atoms with Crippen LogP contribution in [0, 0.1) is 6.92 Å². The fraction of sp³-hybridized carbons (Fsp3) is 0.385. The van der Waals surface area contributed by atoms with Crippen LogP contribution in [0.2, 0.25) is 0 Å². The van der Waals surface area contributed by atoms with E-state index in [0.29, 0.717) is 6.42 Å². The van der Waals surface area contributed by atoms with Gasteiger partial charge in [-0.15, -0.1) is 0 Å². The number of carboxylic acids is 1. The van der Waals surface area contributed by atoms with Crippen molar-refractivity contribution in [2.24, 2.45) is 7.05 Å². The molecule has 1 aromatic heterocycles. The molecule has 0 aliphatic rings. The van der Waals surface area contributed by atoms with E-state index in [-0.39, 0.29) is 6.42 Å². The summed E-state index contributed by atoms with van der Waals surface area (Å²) in [6.45, 7) is 2.05. The van der Waals surface area contributed by atoms with Crippen LogP contribution in [0.25, 0.3) is 11.0 Å². The number of fused-ring (bicyclic) bond motifs is 1. The van der Waals surface area contributed by atoms with Crippen LogP contribution in [-0.4, -0.2) is 26.4 Å². The minimum Gasteiger partial charge on any atom is -0.481 e. The number of aliphatic carboxylic acids is 1. The minimum absolute atomic E-state index is 0.218. The van der Waals surface area contributed by atoms with Crippen molar-refractivity contribution in [1.82, 2.24) is 9.55 Å². The number of benzene rings is 1. The summed E-state index contributed by atoms with van der Waals surface area (Å²) in [5.41, 5.74) is 3.31. The van der Waals surface area contributed by atoms with Crippen molar-refractivity contribution in [1.29, 1.82) is 0 Å². The van der Waals surface area contributed by atoms with E-state index in [2.05, 4.69) is 27.8 Å². The monoisotopic (exact) mass is 264 g/mol. The molecule has 0 aliphatic heterocycles. The molecule has 5 heteroatoms. The fourth-order valence-electron chi connectivity index (χ4n) is 1.80. The predicted octanol–water partition coefficient (Wildman–Crippen LogP) is 2.84. The molecule has 1 heterocycles. The quantitative estimate of drug-likeness (QED) is 0.666. The normalized spacial score (nSPS) is 11.0. The van der Waals surface area contributed by atoms with E-state index >= 15 is 0 Å². The molecule has 0 fully saturated rings. The van der Waals surface area contributed by atoms with E-state index in [0.717, 1.165) is 21.9 Å². The van der Waals surface area contributed by atoms with Crippen LogP contribution in [0.3, 0.4) is 0 Å². The van der Waals surface area contributed by atoms with Crippen LogP contribution in [0.4, 0.5) is 0 Å². The third-order valence-electron chi connectivity index (χ3n) is 2.76. The van der Waals surface area contributed by atoms with E-state index in [1.807, 2.05) is 14.0 Å². The third-order valence-corrected chi connectivity index (χ3v) is 3.88. The zero-order valence-electron chi connectivity index (χ0n) is 10.5. The highest BCUT2D eigenvalue weighted by Crippen LogP contribution is 2.24. The molecule has 0 radical (unpaired) electrons. The molecule has 2 aromatic rings. The maximum Gasteiger partial charge on any atom is 0.303 e. The van der Waals surface area contributed by atoms with Gasteiger partial charge in [0.05, 0.1) is 11.0 Å². The molecule has 2 rings (SSSR count). The van der Waals surface area contributed by atoms with Crippen LogP contribution in [-0.2, 0) is 11.8 Å². The first-order valence-electron chi connectivity index (χ1n) is 5.85. The summed E-state index contributed by atoms with van der Waals surface area (Å²) in [5.74, 6) is 0.0406. The van der Waals surface area contributed by atoms with E-state index in [1.54, 1.807) is 11.8 Å². The summed E-state index contributed by atoms with van der Waals surface area (Å²) in [5, 5.41) is 9.53. The second-order valence-corrected chi connectivity index (χ2v) is 5.35. The van der Waals surface area contributed by atoms with Crippen LogP contribution in [0.1, 0.15) is 18.4 Å². The van der Waals surface area contributed by atoms with Crippen LogP contribution >= 0.6 is 11.8 Å². The van der Waals surface area contributed by atoms with E-state index in [1.165, 1.54) is 5.56 Å². The molecular formula is C13H16N2O2S. The van der Waals surface area contributed by atoms with Crippen molar-refractivity contribution in [3.63, 3.8) is 0 Å². The Kier molecular flexibility index (Phi) is 3.91. The van der Waals surface area contributed by atoms with Crippen molar-refractivity contribution in [3.05, 3.63) is 23.8 Å². The Bertz CT molecular complexity index is 578. The predicted molar refractivity (Wildman–Crippen MR) is 73.0 cm³/mol. The molecule has 0 aliphatic carbocycles. The standard InChI is InChI=1S/C13H16N2O2S/c1-9-5-6-11-10(8-9)14-13(15(11)2)18-7-3-4-12(16)17/h5-6,8H,3-4,7H2,1-2H3,(H,16,17). The SMILES string of the molecule is Cc1ccc2c(c1)nc(SCCCC(=O)O)n2C. The minimum atomic E-state index is -0.740. The van der Waals surface area contributed by atoms with Gasteiger partial charge in [0.15, 0.2) is 5.16 Å². The zero-order valence-corrected chi connectivity index (χ0v) is 11.3. The first kappa shape index (κ1) is 13.0. The van der Waals surface area contributed by atoms with Gasteiger partial charge >= 0.3 is 5.97 Å². The highest BCUT2D eigenvalue weighted by atomic mass is 32.2. The third kappa shape index (κ3) is 2.85. The topological polar surface area (TPSA) is 55.1 Å². The number of hydrogen-bond acceptors (Lipinski definition) is 3. The summed E-state index contributed by atoms with van der Waals surface area (Å²) in [7, 11) is 1.99. The zero-order chi connectivity index (χ0) is 13.1. The van der Waals surface area contributed by atoms with Crippen molar-refractivity contribution in [2.75, 3.05) is 5.75 Å². The molecule has 1 aromatic carbocycles. The molecule has 0 saturated carbocycles. The van der Waals surface area contributed by atoms with Gasteiger partial charge in [0.2, 0.25) is 0 Å². The van der Waals surface area contributed by atoms with Gasteiger partial charge in [0.1, 0.15) is 0 Å². The molecular weight excluding hydrogens is 248 g/mol. The fourth-order valence-corrected chi connectivity index (χ4v) is 2.73. The van der Waals surface area contributed by atoms with Gasteiger partial charge in [-0.2, -0.15) is 0 Å². The molecule has 18 heavy (non-hydrogen) atoms. The van der Waals surface area contributed by atoms with Crippen LogP contribution < -0.4 is 0 Å². The van der Waals surface area contributed by atoms with Gasteiger partial charge in [-0.05, 0) is 31.0 Å². The van der Waals surface area contributed by atoms with Gasteiger partial charge in [0, 0.05) is 19.2 Å². The molecule has 0 spiro atoms. The summed E-state index contributed by atoms with van der Waals surface area (Å²) < 4.78 is 2.06. The Morgan fingerprint density at radius 1 is 1.50 bits per heavy atom. The van der Waals surface area contributed by atoms with E-state index < -0.39 is 5.97 Å². The molecule has 1 N–H and O–H groups in total. The summed E-state index contributed by atoms with van der Waals surface area (Å²) in [6.07, 6.45) is 0.887. The second kappa shape index (κ2) is 5.44. The maximum atomic E-state index is 10.4. The first-order valence-corrected chi connectivity index (χ1v) is 6.84. The number of aryl methyl sites for hydroxylation is 2. The Morgan fingerprint density at radius 2 is 2.28 bits per heavy atom. The summed E-state index contributed by atoms with van der Waals surface area (Å²) >= 11 is 1.61. The lowest BCUT2D eigenvalue weighted by molar-refractivity contribution is -0.137. The number of carboxylic acid groups (broad SMARTS) is 1. The van der Waals surface area contributed by atoms with E-state index in [9.17, 15) is 4.79 Å². The number of carbonyl (C=O) groups is 1. The van der Waals surface area contributed by atoms with Gasteiger partial charge in [-0.3, -0.25) is 4.79 Å². The average Bonchev–Trinajstić information content (AvgIpc) is 2.61. The summed E-state index contributed by atoms with van der Waals surface area (Å²) in [4.78, 5) is 15.0. The van der Waals surface area contributed by atoms with Crippen molar-refractivity contribution < 1.29 is 9.90 Å². The molecule has 4 nitrogen and oxygen atoms in total. The largest absolute Gasteiger partial charge is 0.481 e. The Labute approximate surface area is 110 Å². The van der Waals surface area contributed by atoms with Gasteiger partial charge in [-0.1, -0.05) is 17.8 Å². The highest BCUT2D eigenvalue weighted by molar-refractivity contribution is 7.99. The van der Waals surface area contributed by atoms with Gasteiger partial charge < -0.3 is 9.67 Å². The molecule has 96 valence electrons. The van der Waals surface area contributed by atoms with Crippen LogP contribution in [0.15, 0.2) is 23.4 Å². The molecule has 0 unspecified atom stereocenters. The van der Waals surface area contributed by atoms with Crippen molar-refractivity contribution in [2.45, 2.75) is 24.9 Å². The number of aromatic nitrogens is 2. The average molecular weight is 264 g/mol. The van der Waals surface area contributed by atoms with Crippen molar-refractivity contribution >= 4 is 28.8 Å². The summed E-state index contributed by atoms with van der Waals surface area (Å²) in [6, 6.07) is 6.21. The van der Waals surface area contributed by atoms with Crippen LogP contribution in [0.5, 0.6) is 0 Å². The molecule has 0 amide bonds. The lowest BCUT2D eigenvalue weighted by atomic mass is 10.2. The number of nitrogens with zero attached hydrogens (tertiary/aromatic N) is 2. The maximum absolute atomic E-state index is 10.4.